The first-order valence-corrected chi connectivity index (χ1v) is 13.7. The van der Waals surface area contributed by atoms with Gasteiger partial charge in [0.2, 0.25) is 5.91 Å². The summed E-state index contributed by atoms with van der Waals surface area (Å²) in [6.07, 6.45) is 13.6. The number of piperidine rings is 1. The van der Waals surface area contributed by atoms with Crippen molar-refractivity contribution in [3.05, 3.63) is 52.8 Å². The maximum atomic E-state index is 14.2. The van der Waals surface area contributed by atoms with Gasteiger partial charge in [0.15, 0.2) is 0 Å². The standard InChI is InChI=1S/C29H38FN3O3/c30-24-11-5-4-10-23(24)25-18-27(35)33(21-31-25)20-29(36)16-17-32(19-28(29)14-6-7-15-28)26(34)13-12-22-8-2-1-3-9-22/h4-5,10-11,18,21-22,36H,1-3,6-9,12-17,19-20H2. The average Bonchev–Trinajstić information content (AvgIpc) is 3.36. The van der Waals surface area contributed by atoms with E-state index in [4.69, 9.17) is 0 Å². The van der Waals surface area contributed by atoms with Crippen LogP contribution in [-0.4, -0.2) is 44.2 Å². The van der Waals surface area contributed by atoms with Gasteiger partial charge in [0.25, 0.3) is 5.56 Å². The first-order chi connectivity index (χ1) is 17.4. The second kappa shape index (κ2) is 10.4. The van der Waals surface area contributed by atoms with E-state index in [1.54, 1.807) is 18.2 Å². The van der Waals surface area contributed by atoms with E-state index >= 15 is 0 Å². The van der Waals surface area contributed by atoms with E-state index in [-0.39, 0.29) is 29.3 Å². The van der Waals surface area contributed by atoms with E-state index in [0.29, 0.717) is 31.8 Å². The molecule has 1 N–H and O–H groups in total. The number of halogens is 1. The molecule has 2 heterocycles. The van der Waals surface area contributed by atoms with Crippen LogP contribution in [0.1, 0.15) is 77.0 Å². The normalized spacial score (nSPS) is 24.3. The molecule has 7 heteroatoms. The highest BCUT2D eigenvalue weighted by Crippen LogP contribution is 2.51. The number of carbonyl (C=O) groups is 1. The number of nitrogens with zero attached hydrogens (tertiary/aromatic N) is 3. The van der Waals surface area contributed by atoms with Crippen LogP contribution >= 0.6 is 0 Å². The highest BCUT2D eigenvalue weighted by atomic mass is 19.1. The molecule has 1 amide bonds. The molecule has 1 saturated heterocycles. The Bertz CT molecular complexity index is 1140. The van der Waals surface area contributed by atoms with Crippen LogP contribution in [0, 0.1) is 17.2 Å². The zero-order valence-electron chi connectivity index (χ0n) is 21.1. The molecule has 1 aromatic carbocycles. The predicted molar refractivity (Wildman–Crippen MR) is 137 cm³/mol. The number of benzene rings is 1. The molecule has 3 aliphatic rings. The fraction of sp³-hybridized carbons (Fsp3) is 0.621. The molecular weight excluding hydrogens is 457 g/mol. The summed E-state index contributed by atoms with van der Waals surface area (Å²) in [4.78, 5) is 32.4. The molecule has 1 aliphatic heterocycles. The molecule has 6 nitrogen and oxygen atoms in total. The molecule has 1 unspecified atom stereocenters. The Morgan fingerprint density at radius 3 is 2.56 bits per heavy atom. The Labute approximate surface area is 212 Å². The second-order valence-electron chi connectivity index (χ2n) is 11.3. The van der Waals surface area contributed by atoms with E-state index < -0.39 is 16.8 Å². The van der Waals surface area contributed by atoms with Crippen LogP contribution in [0.15, 0.2) is 41.5 Å². The fourth-order valence-electron chi connectivity index (χ4n) is 6.92. The minimum Gasteiger partial charge on any atom is -0.387 e. The second-order valence-corrected chi connectivity index (χ2v) is 11.3. The first-order valence-electron chi connectivity index (χ1n) is 13.7. The van der Waals surface area contributed by atoms with Gasteiger partial charge < -0.3 is 10.0 Å². The maximum absolute atomic E-state index is 14.2. The minimum atomic E-state index is -1.09. The number of hydrogen-bond donors (Lipinski definition) is 1. The quantitative estimate of drug-likeness (QED) is 0.616. The molecule has 2 aliphatic carbocycles. The van der Waals surface area contributed by atoms with Crippen molar-refractivity contribution in [3.63, 3.8) is 0 Å². The van der Waals surface area contributed by atoms with Crippen molar-refractivity contribution in [3.8, 4) is 11.3 Å². The van der Waals surface area contributed by atoms with Crippen molar-refractivity contribution in [2.75, 3.05) is 13.1 Å². The van der Waals surface area contributed by atoms with E-state index in [9.17, 15) is 19.1 Å². The van der Waals surface area contributed by atoms with Crippen LogP contribution in [0.5, 0.6) is 0 Å². The Kier molecular flexibility index (Phi) is 7.29. The van der Waals surface area contributed by atoms with Crippen LogP contribution < -0.4 is 5.56 Å². The zero-order valence-corrected chi connectivity index (χ0v) is 21.1. The molecule has 0 bridgehead atoms. The van der Waals surface area contributed by atoms with E-state index in [2.05, 4.69) is 4.98 Å². The van der Waals surface area contributed by atoms with E-state index in [0.717, 1.165) is 32.1 Å². The lowest BCUT2D eigenvalue weighted by Crippen LogP contribution is -2.62. The lowest BCUT2D eigenvalue weighted by atomic mass is 9.65. The molecule has 1 spiro atoms. The number of likely N-dealkylation sites (tertiary alicyclic amines) is 1. The SMILES string of the molecule is O=C(CCC1CCCCC1)N1CCC(O)(Cn2cnc(-c3ccccc3F)cc2=O)C2(CCCC2)C1. The molecule has 194 valence electrons. The van der Waals surface area contributed by atoms with E-state index in [1.807, 2.05) is 4.90 Å². The molecule has 2 saturated carbocycles. The third-order valence-electron chi connectivity index (χ3n) is 9.14. The number of carbonyl (C=O) groups excluding carboxylic acids is 1. The summed E-state index contributed by atoms with van der Waals surface area (Å²) in [6, 6.07) is 7.60. The van der Waals surface area contributed by atoms with Crippen molar-refractivity contribution in [2.45, 2.75) is 89.2 Å². The van der Waals surface area contributed by atoms with Crippen molar-refractivity contribution >= 4 is 5.91 Å². The van der Waals surface area contributed by atoms with Gasteiger partial charge in [-0.15, -0.1) is 0 Å². The van der Waals surface area contributed by atoms with Gasteiger partial charge in [0, 0.05) is 36.6 Å². The lowest BCUT2D eigenvalue weighted by molar-refractivity contribution is -0.160. The fourth-order valence-corrected chi connectivity index (χ4v) is 6.92. The number of hydrogen-bond acceptors (Lipinski definition) is 4. The minimum absolute atomic E-state index is 0.139. The smallest absolute Gasteiger partial charge is 0.253 e. The number of aliphatic hydroxyl groups is 1. The summed E-state index contributed by atoms with van der Waals surface area (Å²) < 4.78 is 15.6. The lowest BCUT2D eigenvalue weighted by Gasteiger charge is -2.52. The van der Waals surface area contributed by atoms with Gasteiger partial charge in [-0.3, -0.25) is 14.2 Å². The maximum Gasteiger partial charge on any atom is 0.253 e. The summed E-state index contributed by atoms with van der Waals surface area (Å²) in [6.45, 7) is 1.21. The number of aromatic nitrogens is 2. The largest absolute Gasteiger partial charge is 0.387 e. The molecule has 36 heavy (non-hydrogen) atoms. The van der Waals surface area contributed by atoms with Gasteiger partial charge in [-0.25, -0.2) is 9.37 Å². The third-order valence-corrected chi connectivity index (χ3v) is 9.14. The molecule has 1 aromatic heterocycles. The van der Waals surface area contributed by atoms with Crippen molar-refractivity contribution < 1.29 is 14.3 Å². The topological polar surface area (TPSA) is 75.4 Å². The molecule has 0 radical (unpaired) electrons. The third kappa shape index (κ3) is 4.99. The first kappa shape index (κ1) is 25.1. The predicted octanol–water partition coefficient (Wildman–Crippen LogP) is 4.93. The molecule has 5 rings (SSSR count). The van der Waals surface area contributed by atoms with Crippen LogP contribution in [0.4, 0.5) is 4.39 Å². The summed E-state index contributed by atoms with van der Waals surface area (Å²) in [7, 11) is 0. The molecule has 2 aromatic rings. The van der Waals surface area contributed by atoms with Gasteiger partial charge in [0.05, 0.1) is 24.2 Å². The summed E-state index contributed by atoms with van der Waals surface area (Å²) in [5.41, 5.74) is -1.23. The van der Waals surface area contributed by atoms with Gasteiger partial charge in [-0.2, -0.15) is 0 Å². The highest BCUT2D eigenvalue weighted by molar-refractivity contribution is 5.76. The Morgan fingerprint density at radius 1 is 1.08 bits per heavy atom. The van der Waals surface area contributed by atoms with Crippen molar-refractivity contribution in [1.82, 2.24) is 14.5 Å². The monoisotopic (exact) mass is 495 g/mol. The average molecular weight is 496 g/mol. The highest BCUT2D eigenvalue weighted by Gasteiger charge is 2.55. The van der Waals surface area contributed by atoms with Crippen LogP contribution in [0.25, 0.3) is 11.3 Å². The molecule has 3 fully saturated rings. The van der Waals surface area contributed by atoms with Crippen LogP contribution in [0.2, 0.25) is 0 Å². The van der Waals surface area contributed by atoms with Gasteiger partial charge in [0.1, 0.15) is 5.82 Å². The van der Waals surface area contributed by atoms with Crippen LogP contribution in [0.3, 0.4) is 0 Å². The van der Waals surface area contributed by atoms with Gasteiger partial charge in [-0.05, 0) is 43.7 Å². The number of amides is 1. The zero-order chi connectivity index (χ0) is 25.2. The summed E-state index contributed by atoms with van der Waals surface area (Å²) in [5.74, 6) is 0.463. The Morgan fingerprint density at radius 2 is 1.83 bits per heavy atom. The van der Waals surface area contributed by atoms with Crippen LogP contribution in [-0.2, 0) is 11.3 Å². The molecule has 1 atom stereocenters. The van der Waals surface area contributed by atoms with Crippen molar-refractivity contribution in [2.24, 2.45) is 11.3 Å². The summed E-state index contributed by atoms with van der Waals surface area (Å²) >= 11 is 0. The van der Waals surface area contributed by atoms with Gasteiger partial charge >= 0.3 is 0 Å². The Balaban J connectivity index is 1.30. The van der Waals surface area contributed by atoms with E-state index in [1.165, 1.54) is 55.1 Å². The molecular formula is C29H38FN3O3. The number of rotatable bonds is 6. The Hall–Kier alpha value is -2.54. The summed E-state index contributed by atoms with van der Waals surface area (Å²) in [5, 5.41) is 12.0. The van der Waals surface area contributed by atoms with Crippen molar-refractivity contribution in [1.29, 1.82) is 0 Å². The van der Waals surface area contributed by atoms with Gasteiger partial charge in [-0.1, -0.05) is 57.1 Å².